The average Bonchev–Trinajstić information content (AvgIpc) is 2.75. The minimum Gasteiger partial charge on any atom is -0.391 e. The molecular weight excluding hydrogens is 362 g/mol. The highest BCUT2D eigenvalue weighted by Gasteiger charge is 2.33. The molecule has 0 aromatic heterocycles. The number of nitrogens with zero attached hydrogens (tertiary/aromatic N) is 3. The monoisotopic (exact) mass is 399 g/mol. The van der Waals surface area contributed by atoms with Crippen molar-refractivity contribution in [2.45, 2.75) is 64.1 Å². The van der Waals surface area contributed by atoms with Gasteiger partial charge in [0.2, 0.25) is 5.91 Å². The number of amides is 1. The fraction of sp³-hybridized carbons (Fsp3) is 0.708. The molecule has 3 aliphatic rings. The normalized spacial score (nSPS) is 26.0. The number of carbonyl (C=O) groups excluding carboxylic acids is 1. The van der Waals surface area contributed by atoms with Crippen LogP contribution in [0.1, 0.15) is 49.7 Å². The minimum atomic E-state index is -0.322. The van der Waals surface area contributed by atoms with Crippen molar-refractivity contribution in [3.05, 3.63) is 35.4 Å². The summed E-state index contributed by atoms with van der Waals surface area (Å²) in [5, 5.41) is 9.86. The summed E-state index contributed by atoms with van der Waals surface area (Å²) in [6.45, 7) is 9.08. The topological polar surface area (TPSA) is 47.0 Å². The number of likely N-dealkylation sites (tertiary alicyclic amines) is 3. The molecule has 3 fully saturated rings. The van der Waals surface area contributed by atoms with E-state index in [-0.39, 0.29) is 17.9 Å². The second-order valence-electron chi connectivity index (χ2n) is 9.32. The Morgan fingerprint density at radius 2 is 1.72 bits per heavy atom. The van der Waals surface area contributed by atoms with Gasteiger partial charge in [0, 0.05) is 31.6 Å². The summed E-state index contributed by atoms with van der Waals surface area (Å²) < 4.78 is 0. The summed E-state index contributed by atoms with van der Waals surface area (Å²) in [5.41, 5.74) is 2.84. The number of aryl methyl sites for hydroxylation is 1. The molecule has 160 valence electrons. The van der Waals surface area contributed by atoms with Crippen molar-refractivity contribution in [2.75, 3.05) is 39.3 Å². The van der Waals surface area contributed by atoms with Gasteiger partial charge in [-0.25, -0.2) is 0 Å². The van der Waals surface area contributed by atoms with Gasteiger partial charge in [0.15, 0.2) is 0 Å². The molecule has 4 rings (SSSR count). The van der Waals surface area contributed by atoms with Gasteiger partial charge < -0.3 is 14.9 Å². The highest BCUT2D eigenvalue weighted by Crippen LogP contribution is 2.27. The van der Waals surface area contributed by atoms with E-state index in [1.807, 2.05) is 4.90 Å². The first-order valence-electron chi connectivity index (χ1n) is 11.6. The van der Waals surface area contributed by atoms with Gasteiger partial charge >= 0.3 is 0 Å². The standard InChI is InChI=1S/C24H37N3O2/c1-19-5-2-3-6-21(19)17-25-13-10-22(11-14-25)26-15-8-20(9-16-26)24(29)27-12-4-7-23(28)18-27/h2-3,5-6,20,22-23,28H,4,7-18H2,1H3/t23-/m1/s1. The highest BCUT2D eigenvalue weighted by atomic mass is 16.3. The predicted octanol–water partition coefficient (Wildman–Crippen LogP) is 2.65. The molecule has 0 saturated carbocycles. The number of benzene rings is 1. The van der Waals surface area contributed by atoms with Gasteiger partial charge in [0.1, 0.15) is 0 Å². The van der Waals surface area contributed by atoms with E-state index < -0.39 is 0 Å². The molecule has 3 heterocycles. The molecule has 0 unspecified atom stereocenters. The van der Waals surface area contributed by atoms with Crippen molar-refractivity contribution in [1.29, 1.82) is 0 Å². The van der Waals surface area contributed by atoms with E-state index in [9.17, 15) is 9.90 Å². The summed E-state index contributed by atoms with van der Waals surface area (Å²) in [5.74, 6) is 0.453. The highest BCUT2D eigenvalue weighted by molar-refractivity contribution is 5.79. The molecule has 1 N–H and O–H groups in total. The number of aliphatic hydroxyl groups is 1. The van der Waals surface area contributed by atoms with Gasteiger partial charge in [-0.15, -0.1) is 0 Å². The lowest BCUT2D eigenvalue weighted by Gasteiger charge is -2.42. The number of hydrogen-bond acceptors (Lipinski definition) is 4. The van der Waals surface area contributed by atoms with Crippen LogP contribution in [-0.2, 0) is 11.3 Å². The van der Waals surface area contributed by atoms with Gasteiger partial charge in [0.25, 0.3) is 0 Å². The summed E-state index contributed by atoms with van der Waals surface area (Å²) in [6, 6.07) is 9.40. The number of hydrogen-bond donors (Lipinski definition) is 1. The Morgan fingerprint density at radius 1 is 1.00 bits per heavy atom. The van der Waals surface area contributed by atoms with Crippen LogP contribution in [0, 0.1) is 12.8 Å². The van der Waals surface area contributed by atoms with Crippen molar-refractivity contribution in [1.82, 2.24) is 14.7 Å². The van der Waals surface area contributed by atoms with E-state index >= 15 is 0 Å². The zero-order chi connectivity index (χ0) is 20.2. The molecule has 1 aromatic rings. The second-order valence-corrected chi connectivity index (χ2v) is 9.32. The van der Waals surface area contributed by atoms with Crippen LogP contribution in [0.15, 0.2) is 24.3 Å². The third-order valence-corrected chi connectivity index (χ3v) is 7.32. The van der Waals surface area contributed by atoms with E-state index in [1.54, 1.807) is 0 Å². The third-order valence-electron chi connectivity index (χ3n) is 7.32. The Balaban J connectivity index is 1.21. The average molecular weight is 400 g/mol. The molecule has 29 heavy (non-hydrogen) atoms. The van der Waals surface area contributed by atoms with Crippen molar-refractivity contribution in [3.8, 4) is 0 Å². The zero-order valence-electron chi connectivity index (χ0n) is 17.9. The Bertz CT molecular complexity index is 678. The molecule has 3 saturated heterocycles. The molecule has 1 atom stereocenters. The molecule has 1 aromatic carbocycles. The van der Waals surface area contributed by atoms with Crippen molar-refractivity contribution in [2.24, 2.45) is 5.92 Å². The Morgan fingerprint density at radius 3 is 2.41 bits per heavy atom. The largest absolute Gasteiger partial charge is 0.391 e. The van der Waals surface area contributed by atoms with Gasteiger partial charge in [-0.05, 0) is 82.8 Å². The molecule has 0 bridgehead atoms. The lowest BCUT2D eigenvalue weighted by atomic mass is 9.91. The molecule has 1 amide bonds. The molecule has 3 aliphatic heterocycles. The zero-order valence-corrected chi connectivity index (χ0v) is 17.9. The van der Waals surface area contributed by atoms with Gasteiger partial charge in [-0.3, -0.25) is 9.69 Å². The maximum absolute atomic E-state index is 12.8. The molecule has 0 aliphatic carbocycles. The third kappa shape index (κ3) is 5.19. The fourth-order valence-corrected chi connectivity index (χ4v) is 5.40. The summed E-state index contributed by atoms with van der Waals surface area (Å²) in [7, 11) is 0. The molecular formula is C24H37N3O2. The van der Waals surface area contributed by atoms with E-state index in [4.69, 9.17) is 0 Å². The van der Waals surface area contributed by atoms with Crippen LogP contribution in [0.4, 0.5) is 0 Å². The number of β-amino-alcohol motifs (C(OH)–C–C–N with tert-alkyl or cyclic N) is 1. The first-order chi connectivity index (χ1) is 14.1. The van der Waals surface area contributed by atoms with Crippen LogP contribution in [0.3, 0.4) is 0 Å². The minimum absolute atomic E-state index is 0.165. The lowest BCUT2D eigenvalue weighted by Crippen LogP contribution is -2.50. The van der Waals surface area contributed by atoms with Crippen LogP contribution in [-0.4, -0.2) is 77.1 Å². The van der Waals surface area contributed by atoms with E-state index in [0.29, 0.717) is 12.6 Å². The first kappa shape index (κ1) is 20.8. The van der Waals surface area contributed by atoms with E-state index in [1.165, 1.54) is 37.1 Å². The number of rotatable bonds is 4. The molecule has 5 nitrogen and oxygen atoms in total. The second kappa shape index (κ2) is 9.59. The van der Waals surface area contributed by atoms with Crippen LogP contribution in [0.2, 0.25) is 0 Å². The number of piperidine rings is 3. The van der Waals surface area contributed by atoms with Crippen molar-refractivity contribution < 1.29 is 9.90 Å². The smallest absolute Gasteiger partial charge is 0.225 e. The van der Waals surface area contributed by atoms with Gasteiger partial charge in [-0.1, -0.05) is 24.3 Å². The molecule has 5 heteroatoms. The SMILES string of the molecule is Cc1ccccc1CN1CCC(N2CCC(C(=O)N3CCC[C@@H](O)C3)CC2)CC1. The summed E-state index contributed by atoms with van der Waals surface area (Å²) in [6.07, 6.45) is 5.89. The Kier molecular flexibility index (Phi) is 6.88. The Hall–Kier alpha value is -1.43. The van der Waals surface area contributed by atoms with E-state index in [2.05, 4.69) is 41.0 Å². The maximum atomic E-state index is 12.8. The van der Waals surface area contributed by atoms with Crippen molar-refractivity contribution >= 4 is 5.91 Å². The van der Waals surface area contributed by atoms with Crippen LogP contribution < -0.4 is 0 Å². The lowest BCUT2D eigenvalue weighted by molar-refractivity contribution is -0.140. The quantitative estimate of drug-likeness (QED) is 0.846. The number of aliphatic hydroxyl groups excluding tert-OH is 1. The van der Waals surface area contributed by atoms with Gasteiger partial charge in [0.05, 0.1) is 6.10 Å². The van der Waals surface area contributed by atoms with Crippen molar-refractivity contribution in [3.63, 3.8) is 0 Å². The Labute approximate surface area is 175 Å². The first-order valence-corrected chi connectivity index (χ1v) is 11.6. The predicted molar refractivity (Wildman–Crippen MR) is 116 cm³/mol. The van der Waals surface area contributed by atoms with E-state index in [0.717, 1.165) is 51.9 Å². The van der Waals surface area contributed by atoms with Gasteiger partial charge in [-0.2, -0.15) is 0 Å². The molecule has 0 radical (unpaired) electrons. The number of carbonyl (C=O) groups is 1. The van der Waals surface area contributed by atoms with Crippen LogP contribution in [0.5, 0.6) is 0 Å². The van der Waals surface area contributed by atoms with Crippen LogP contribution >= 0.6 is 0 Å². The van der Waals surface area contributed by atoms with Crippen LogP contribution in [0.25, 0.3) is 0 Å². The molecule has 0 spiro atoms. The summed E-state index contributed by atoms with van der Waals surface area (Å²) >= 11 is 0. The fourth-order valence-electron chi connectivity index (χ4n) is 5.40. The summed E-state index contributed by atoms with van der Waals surface area (Å²) in [4.78, 5) is 20.0. The maximum Gasteiger partial charge on any atom is 0.225 e.